The number of allylic oxidation sites excluding steroid dienone is 1. The van der Waals surface area contributed by atoms with Crippen LogP contribution < -0.4 is 9.47 Å². The van der Waals surface area contributed by atoms with Crippen molar-refractivity contribution < 1.29 is 14.3 Å². The number of carbonyl (C=O) groups is 1. The summed E-state index contributed by atoms with van der Waals surface area (Å²) in [5.74, 6) is 0.769. The van der Waals surface area contributed by atoms with E-state index in [2.05, 4.69) is 4.98 Å². The predicted molar refractivity (Wildman–Crippen MR) is 85.7 cm³/mol. The molecule has 0 aliphatic carbocycles. The maximum Gasteiger partial charge on any atom is 0.231 e. The van der Waals surface area contributed by atoms with Crippen molar-refractivity contribution >= 4 is 40.0 Å². The van der Waals surface area contributed by atoms with Gasteiger partial charge in [0.2, 0.25) is 6.79 Å². The molecule has 110 valence electrons. The van der Waals surface area contributed by atoms with Gasteiger partial charge in [-0.1, -0.05) is 17.8 Å². The van der Waals surface area contributed by atoms with E-state index in [-0.39, 0.29) is 12.6 Å². The van der Waals surface area contributed by atoms with E-state index in [0.717, 1.165) is 5.56 Å². The quantitative estimate of drug-likeness (QED) is 0.856. The molecule has 1 aromatic carbocycles. The van der Waals surface area contributed by atoms with Crippen molar-refractivity contribution in [1.29, 1.82) is 5.41 Å². The number of hydrogen-bond acceptors (Lipinski definition) is 7. The summed E-state index contributed by atoms with van der Waals surface area (Å²) in [6.45, 7) is 0.222. The van der Waals surface area contributed by atoms with Gasteiger partial charge < -0.3 is 9.47 Å². The number of fused-ring (bicyclic) bond motifs is 1. The van der Waals surface area contributed by atoms with Crippen LogP contribution >= 0.6 is 23.1 Å². The van der Waals surface area contributed by atoms with Crippen LogP contribution in [0.15, 0.2) is 34.7 Å². The van der Waals surface area contributed by atoms with Crippen LogP contribution in [-0.2, 0) is 4.79 Å². The molecular formula is C15H10N2O3S2. The number of thiazole rings is 1. The Balaban J connectivity index is 1.66. The van der Waals surface area contributed by atoms with Gasteiger partial charge >= 0.3 is 0 Å². The highest BCUT2D eigenvalue weighted by molar-refractivity contribution is 8.19. The second kappa shape index (κ2) is 5.26. The smallest absolute Gasteiger partial charge is 0.231 e. The van der Waals surface area contributed by atoms with Gasteiger partial charge in [-0.2, -0.15) is 0 Å². The molecule has 4 rings (SSSR count). The van der Waals surface area contributed by atoms with Crippen molar-refractivity contribution in [2.45, 2.75) is 5.92 Å². The second-order valence-corrected chi connectivity index (χ2v) is 6.77. The first-order valence-electron chi connectivity index (χ1n) is 6.53. The molecule has 1 aromatic heterocycles. The molecule has 0 bridgehead atoms. The lowest BCUT2D eigenvalue weighted by molar-refractivity contribution is -0.114. The third kappa shape index (κ3) is 2.22. The highest BCUT2D eigenvalue weighted by Gasteiger charge is 2.38. The zero-order chi connectivity index (χ0) is 15.1. The fourth-order valence-corrected chi connectivity index (χ4v) is 4.15. The summed E-state index contributed by atoms with van der Waals surface area (Å²) in [6.07, 6.45) is 3.45. The third-order valence-electron chi connectivity index (χ3n) is 3.38. The summed E-state index contributed by atoms with van der Waals surface area (Å²) in [5, 5.41) is 10.9. The zero-order valence-electron chi connectivity index (χ0n) is 11.2. The number of carbonyl (C=O) groups excluding carboxylic acids is 1. The summed E-state index contributed by atoms with van der Waals surface area (Å²) >= 11 is 2.60. The van der Waals surface area contributed by atoms with Gasteiger partial charge in [0.25, 0.3) is 0 Å². The van der Waals surface area contributed by atoms with Crippen molar-refractivity contribution in [1.82, 2.24) is 4.98 Å². The van der Waals surface area contributed by atoms with Crippen LogP contribution in [0.1, 0.15) is 16.5 Å². The molecule has 1 saturated heterocycles. The summed E-state index contributed by atoms with van der Waals surface area (Å²) in [5.41, 5.74) is 0.854. The Hall–Kier alpha value is -2.12. The average Bonchev–Trinajstić information content (AvgIpc) is 3.20. The number of benzene rings is 1. The molecule has 2 aliphatic rings. The minimum absolute atomic E-state index is 0.0670. The van der Waals surface area contributed by atoms with Crippen LogP contribution in [0.3, 0.4) is 0 Å². The highest BCUT2D eigenvalue weighted by Crippen LogP contribution is 2.42. The minimum atomic E-state index is -0.551. The van der Waals surface area contributed by atoms with Crippen LogP contribution in [-0.4, -0.2) is 22.6 Å². The number of ether oxygens (including phenoxy) is 2. The van der Waals surface area contributed by atoms with Gasteiger partial charge in [-0.3, -0.25) is 10.2 Å². The Morgan fingerprint density at radius 2 is 2.18 bits per heavy atom. The normalized spacial score (nSPS) is 21.8. The third-order valence-corrected chi connectivity index (χ3v) is 5.21. The van der Waals surface area contributed by atoms with Crippen molar-refractivity contribution in [3.05, 3.63) is 45.3 Å². The van der Waals surface area contributed by atoms with Gasteiger partial charge in [0.05, 0.1) is 9.95 Å². The number of ketones is 1. The number of Topliss-reactive ketones (excluding diaryl/α,β-unsaturated/α-hetero) is 1. The molecule has 0 unspecified atom stereocenters. The molecule has 0 radical (unpaired) electrons. The monoisotopic (exact) mass is 330 g/mol. The Morgan fingerprint density at radius 1 is 1.32 bits per heavy atom. The van der Waals surface area contributed by atoms with E-state index >= 15 is 0 Å². The maximum absolute atomic E-state index is 12.5. The molecule has 5 nitrogen and oxygen atoms in total. The lowest BCUT2D eigenvalue weighted by Crippen LogP contribution is -2.11. The Morgan fingerprint density at radius 3 is 3.00 bits per heavy atom. The molecule has 7 heteroatoms. The van der Waals surface area contributed by atoms with E-state index in [9.17, 15) is 4.79 Å². The number of rotatable bonds is 2. The maximum atomic E-state index is 12.5. The Labute approximate surface area is 134 Å². The van der Waals surface area contributed by atoms with Gasteiger partial charge in [0, 0.05) is 11.6 Å². The lowest BCUT2D eigenvalue weighted by atomic mass is 10.0. The Kier molecular flexibility index (Phi) is 3.24. The minimum Gasteiger partial charge on any atom is -0.454 e. The van der Waals surface area contributed by atoms with Gasteiger partial charge in [-0.15, -0.1) is 11.3 Å². The first-order chi connectivity index (χ1) is 10.7. The van der Waals surface area contributed by atoms with Gasteiger partial charge in [0.1, 0.15) is 10.9 Å². The lowest BCUT2D eigenvalue weighted by Gasteiger charge is -2.01. The first kappa shape index (κ1) is 13.5. The van der Waals surface area contributed by atoms with Crippen molar-refractivity contribution in [3.63, 3.8) is 0 Å². The molecular weight excluding hydrogens is 320 g/mol. The van der Waals surface area contributed by atoms with E-state index in [0.29, 0.717) is 26.5 Å². The van der Waals surface area contributed by atoms with Crippen molar-refractivity contribution in [2.75, 3.05) is 6.79 Å². The van der Waals surface area contributed by atoms with Gasteiger partial charge in [-0.05, 0) is 23.8 Å². The number of hydrogen-bond donors (Lipinski definition) is 1. The van der Waals surface area contributed by atoms with Crippen LogP contribution in [0.2, 0.25) is 0 Å². The van der Waals surface area contributed by atoms with Crippen LogP contribution in [0, 0.1) is 5.41 Å². The second-order valence-electron chi connectivity index (χ2n) is 4.76. The van der Waals surface area contributed by atoms with E-state index in [1.807, 2.05) is 23.6 Å². The summed E-state index contributed by atoms with van der Waals surface area (Å²) in [7, 11) is 0. The van der Waals surface area contributed by atoms with E-state index in [1.165, 1.54) is 23.1 Å². The molecule has 0 spiro atoms. The first-order valence-corrected chi connectivity index (χ1v) is 8.23. The topological polar surface area (TPSA) is 72.3 Å². The predicted octanol–water partition coefficient (Wildman–Crippen LogP) is 3.29. The standard InChI is InChI=1S/C15H10N2O3S2/c16-14-12(15-17-3-4-21-15)13(18)11(22-14)6-8-1-2-9-10(5-8)20-7-19-9/h1-6,12,16H,7H2/b11-6-,16-14?/t12-/m0/s1. The number of nitrogens with zero attached hydrogens (tertiary/aromatic N) is 1. The van der Waals surface area contributed by atoms with E-state index < -0.39 is 5.92 Å². The zero-order valence-corrected chi connectivity index (χ0v) is 12.9. The van der Waals surface area contributed by atoms with E-state index in [1.54, 1.807) is 12.3 Å². The number of aromatic nitrogens is 1. The van der Waals surface area contributed by atoms with Crippen molar-refractivity contribution in [2.24, 2.45) is 0 Å². The fourth-order valence-electron chi connectivity index (χ4n) is 2.35. The molecule has 0 saturated carbocycles. The molecule has 1 fully saturated rings. The molecule has 1 N–H and O–H groups in total. The molecule has 0 amide bonds. The SMILES string of the molecule is N=C1S/C(=C\c2ccc3c(c2)OCO3)C(=O)[C@@H]1c1nccs1. The molecule has 3 heterocycles. The molecule has 22 heavy (non-hydrogen) atoms. The number of thioether (sulfide) groups is 1. The largest absolute Gasteiger partial charge is 0.454 e. The molecule has 2 aliphatic heterocycles. The van der Waals surface area contributed by atoms with Gasteiger partial charge in [-0.25, -0.2) is 4.98 Å². The van der Waals surface area contributed by atoms with Crippen LogP contribution in [0.4, 0.5) is 0 Å². The summed E-state index contributed by atoms with van der Waals surface area (Å²) in [4.78, 5) is 17.3. The highest BCUT2D eigenvalue weighted by atomic mass is 32.2. The molecule has 1 atom stereocenters. The average molecular weight is 330 g/mol. The molecule has 2 aromatic rings. The van der Waals surface area contributed by atoms with Crippen molar-refractivity contribution in [3.8, 4) is 11.5 Å². The Bertz CT molecular complexity index is 799. The van der Waals surface area contributed by atoms with E-state index in [4.69, 9.17) is 14.9 Å². The fraction of sp³-hybridized carbons (Fsp3) is 0.133. The number of nitrogens with one attached hydrogen (secondary N) is 1. The van der Waals surface area contributed by atoms with Crippen LogP contribution in [0.5, 0.6) is 11.5 Å². The summed E-state index contributed by atoms with van der Waals surface area (Å²) in [6, 6.07) is 5.53. The van der Waals surface area contributed by atoms with Gasteiger partial charge in [0.15, 0.2) is 17.3 Å². The summed E-state index contributed by atoms with van der Waals surface area (Å²) < 4.78 is 10.6. The van der Waals surface area contributed by atoms with Crippen LogP contribution in [0.25, 0.3) is 6.08 Å².